The van der Waals surface area contributed by atoms with Crippen LogP contribution in [0.2, 0.25) is 0 Å². The zero-order valence-corrected chi connectivity index (χ0v) is 15.1. The number of carbonyl (C=O) groups excluding carboxylic acids is 1. The van der Waals surface area contributed by atoms with Crippen molar-refractivity contribution in [3.8, 4) is 0 Å². The van der Waals surface area contributed by atoms with Crippen molar-refractivity contribution in [1.82, 2.24) is 9.97 Å². The molecule has 0 saturated heterocycles. The highest BCUT2D eigenvalue weighted by Crippen LogP contribution is 2.23. The maximum Gasteiger partial charge on any atom is 0.274 e. The minimum absolute atomic E-state index is 0.133. The van der Waals surface area contributed by atoms with E-state index in [-0.39, 0.29) is 11.4 Å². The van der Waals surface area contributed by atoms with Crippen LogP contribution in [-0.2, 0) is 12.8 Å². The summed E-state index contributed by atoms with van der Waals surface area (Å²) in [7, 11) is 0. The lowest BCUT2D eigenvalue weighted by molar-refractivity contribution is 0.102. The van der Waals surface area contributed by atoms with Gasteiger partial charge in [-0.2, -0.15) is 0 Å². The molecule has 2 aromatic rings. The number of benzene rings is 1. The Morgan fingerprint density at radius 1 is 1.08 bits per heavy atom. The molecular formula is C19H26N4O. The molecule has 5 nitrogen and oxygen atoms in total. The third-order valence-corrected chi connectivity index (χ3v) is 3.64. The summed E-state index contributed by atoms with van der Waals surface area (Å²) in [6, 6.07) is 7.80. The van der Waals surface area contributed by atoms with Crippen molar-refractivity contribution < 1.29 is 4.79 Å². The lowest BCUT2D eigenvalue weighted by Crippen LogP contribution is -2.27. The molecule has 2 N–H and O–H groups in total. The van der Waals surface area contributed by atoms with E-state index in [1.807, 2.05) is 39.0 Å². The first-order valence-corrected chi connectivity index (χ1v) is 8.36. The van der Waals surface area contributed by atoms with E-state index in [4.69, 9.17) is 0 Å². The fourth-order valence-electron chi connectivity index (χ4n) is 2.51. The number of para-hydroxylation sites is 1. The molecule has 0 radical (unpaired) electrons. The molecule has 0 spiro atoms. The minimum atomic E-state index is -0.218. The molecule has 1 aromatic heterocycles. The summed E-state index contributed by atoms with van der Waals surface area (Å²) in [5, 5.41) is 6.28. The summed E-state index contributed by atoms with van der Waals surface area (Å²) in [5.41, 5.74) is 3.38. The third kappa shape index (κ3) is 4.54. The molecule has 2 rings (SSSR count). The molecule has 0 aliphatic rings. The van der Waals surface area contributed by atoms with Gasteiger partial charge in [-0.05, 0) is 44.7 Å². The van der Waals surface area contributed by atoms with E-state index < -0.39 is 0 Å². The summed E-state index contributed by atoms with van der Waals surface area (Å²) in [6.07, 6.45) is 3.14. The number of hydrogen-bond donors (Lipinski definition) is 2. The number of nitrogens with zero attached hydrogens (tertiary/aromatic N) is 2. The first-order valence-electron chi connectivity index (χ1n) is 8.36. The summed E-state index contributed by atoms with van der Waals surface area (Å²) >= 11 is 0. The van der Waals surface area contributed by atoms with E-state index in [2.05, 4.69) is 34.4 Å². The van der Waals surface area contributed by atoms with Gasteiger partial charge in [0.1, 0.15) is 17.8 Å². The maximum atomic E-state index is 12.6. The van der Waals surface area contributed by atoms with Gasteiger partial charge in [0.05, 0.1) is 0 Å². The van der Waals surface area contributed by atoms with Crippen LogP contribution >= 0.6 is 0 Å². The van der Waals surface area contributed by atoms with Crippen molar-refractivity contribution in [2.45, 2.75) is 53.0 Å². The van der Waals surface area contributed by atoms with Crippen molar-refractivity contribution in [1.29, 1.82) is 0 Å². The SMILES string of the molecule is CCc1cccc(CC)c1NC(=O)c1cc(NC(C)(C)C)ncn1. The monoisotopic (exact) mass is 326 g/mol. The molecule has 128 valence electrons. The Bertz CT molecular complexity index is 697. The zero-order valence-electron chi connectivity index (χ0n) is 15.1. The lowest BCUT2D eigenvalue weighted by Gasteiger charge is -2.21. The molecule has 0 unspecified atom stereocenters. The topological polar surface area (TPSA) is 66.9 Å². The Morgan fingerprint density at radius 3 is 2.25 bits per heavy atom. The van der Waals surface area contributed by atoms with Gasteiger partial charge in [0.2, 0.25) is 0 Å². The molecule has 0 saturated carbocycles. The average molecular weight is 326 g/mol. The van der Waals surface area contributed by atoms with Crippen LogP contribution in [-0.4, -0.2) is 21.4 Å². The highest BCUT2D eigenvalue weighted by molar-refractivity contribution is 6.04. The number of aromatic nitrogens is 2. The molecule has 0 aliphatic carbocycles. The van der Waals surface area contributed by atoms with Crippen LogP contribution in [0.3, 0.4) is 0 Å². The molecular weight excluding hydrogens is 300 g/mol. The van der Waals surface area contributed by atoms with Crippen molar-refractivity contribution in [2.24, 2.45) is 0 Å². The molecule has 5 heteroatoms. The Hall–Kier alpha value is -2.43. The van der Waals surface area contributed by atoms with E-state index in [1.54, 1.807) is 6.07 Å². The van der Waals surface area contributed by atoms with Gasteiger partial charge in [0, 0.05) is 17.3 Å². The number of nitrogens with one attached hydrogen (secondary N) is 2. The Morgan fingerprint density at radius 2 is 1.71 bits per heavy atom. The van der Waals surface area contributed by atoms with Crippen LogP contribution in [0.15, 0.2) is 30.6 Å². The van der Waals surface area contributed by atoms with Gasteiger partial charge in [-0.1, -0.05) is 32.0 Å². The highest BCUT2D eigenvalue weighted by Gasteiger charge is 2.15. The normalized spacial score (nSPS) is 11.2. The van der Waals surface area contributed by atoms with Gasteiger partial charge in [-0.3, -0.25) is 4.79 Å². The van der Waals surface area contributed by atoms with Crippen molar-refractivity contribution in [3.63, 3.8) is 0 Å². The maximum absolute atomic E-state index is 12.6. The number of hydrogen-bond acceptors (Lipinski definition) is 4. The van der Waals surface area contributed by atoms with Crippen molar-refractivity contribution >= 4 is 17.4 Å². The summed E-state index contributed by atoms with van der Waals surface area (Å²) in [4.78, 5) is 20.9. The second-order valence-electron chi connectivity index (χ2n) is 6.78. The molecule has 0 bridgehead atoms. The van der Waals surface area contributed by atoms with E-state index in [1.165, 1.54) is 6.33 Å². The van der Waals surface area contributed by atoms with Crippen LogP contribution in [0.5, 0.6) is 0 Å². The minimum Gasteiger partial charge on any atom is -0.365 e. The number of amides is 1. The van der Waals surface area contributed by atoms with Gasteiger partial charge in [-0.15, -0.1) is 0 Å². The smallest absolute Gasteiger partial charge is 0.274 e. The standard InChI is InChI=1S/C19H26N4O/c1-6-13-9-8-10-14(7-2)17(13)22-18(24)15-11-16(21-12-20-15)23-19(3,4)5/h8-12H,6-7H2,1-5H3,(H,22,24)(H,20,21,23). The van der Waals surface area contributed by atoms with Gasteiger partial charge in [0.25, 0.3) is 5.91 Å². The highest BCUT2D eigenvalue weighted by atomic mass is 16.1. The largest absolute Gasteiger partial charge is 0.365 e. The van der Waals surface area contributed by atoms with Gasteiger partial charge in [0.15, 0.2) is 0 Å². The zero-order chi connectivity index (χ0) is 17.7. The molecule has 1 amide bonds. The van der Waals surface area contributed by atoms with E-state index in [0.29, 0.717) is 11.5 Å². The molecule has 0 atom stereocenters. The summed E-state index contributed by atoms with van der Waals surface area (Å²) in [5.74, 6) is 0.423. The number of rotatable bonds is 5. The van der Waals surface area contributed by atoms with Crippen LogP contribution in [0.1, 0.15) is 56.2 Å². The van der Waals surface area contributed by atoms with Crippen LogP contribution in [0, 0.1) is 0 Å². The molecule has 0 fully saturated rings. The molecule has 1 heterocycles. The van der Waals surface area contributed by atoms with Crippen LogP contribution in [0.4, 0.5) is 11.5 Å². The molecule has 1 aromatic carbocycles. The predicted octanol–water partition coefficient (Wildman–Crippen LogP) is 4.06. The van der Waals surface area contributed by atoms with E-state index in [9.17, 15) is 4.79 Å². The molecule has 24 heavy (non-hydrogen) atoms. The van der Waals surface area contributed by atoms with Gasteiger partial charge in [-0.25, -0.2) is 9.97 Å². The Balaban J connectivity index is 2.26. The Kier molecular flexibility index (Phi) is 5.54. The predicted molar refractivity (Wildman–Crippen MR) is 98.6 cm³/mol. The van der Waals surface area contributed by atoms with Crippen LogP contribution < -0.4 is 10.6 Å². The molecule has 0 aliphatic heterocycles. The second kappa shape index (κ2) is 7.43. The fraction of sp³-hybridized carbons (Fsp3) is 0.421. The number of carbonyl (C=O) groups is 1. The lowest BCUT2D eigenvalue weighted by atomic mass is 10.0. The second-order valence-corrected chi connectivity index (χ2v) is 6.78. The van der Waals surface area contributed by atoms with Crippen molar-refractivity contribution in [2.75, 3.05) is 10.6 Å². The summed E-state index contributed by atoms with van der Waals surface area (Å²) in [6.45, 7) is 10.3. The van der Waals surface area contributed by atoms with Gasteiger partial charge >= 0.3 is 0 Å². The third-order valence-electron chi connectivity index (χ3n) is 3.64. The van der Waals surface area contributed by atoms with E-state index >= 15 is 0 Å². The fourth-order valence-corrected chi connectivity index (χ4v) is 2.51. The quantitative estimate of drug-likeness (QED) is 0.869. The van der Waals surface area contributed by atoms with Crippen molar-refractivity contribution in [3.05, 3.63) is 47.4 Å². The van der Waals surface area contributed by atoms with E-state index in [0.717, 1.165) is 29.7 Å². The Labute approximate surface area is 143 Å². The number of anilines is 2. The summed E-state index contributed by atoms with van der Waals surface area (Å²) < 4.78 is 0. The average Bonchev–Trinajstić information content (AvgIpc) is 2.53. The van der Waals surface area contributed by atoms with Crippen LogP contribution in [0.25, 0.3) is 0 Å². The number of aryl methyl sites for hydroxylation is 2. The first kappa shape index (κ1) is 17.9. The van der Waals surface area contributed by atoms with Gasteiger partial charge < -0.3 is 10.6 Å². The first-order chi connectivity index (χ1) is 11.3.